The first-order valence-corrected chi connectivity index (χ1v) is 3.12. The van der Waals surface area contributed by atoms with Crippen molar-refractivity contribution < 1.29 is 13.9 Å². The van der Waals surface area contributed by atoms with Crippen LogP contribution in [0.3, 0.4) is 0 Å². The van der Waals surface area contributed by atoms with Crippen molar-refractivity contribution in [2.45, 2.75) is 6.17 Å². The van der Waals surface area contributed by atoms with E-state index >= 15 is 0 Å². The van der Waals surface area contributed by atoms with E-state index in [0.717, 1.165) is 7.11 Å². The van der Waals surface area contributed by atoms with Crippen molar-refractivity contribution in [1.82, 2.24) is 0 Å². The first-order chi connectivity index (χ1) is 3.72. The van der Waals surface area contributed by atoms with Crippen LogP contribution >= 0.6 is 15.9 Å². The Morgan fingerprint density at radius 2 is 2.50 bits per heavy atom. The predicted octanol–water partition coefficient (Wildman–Crippen LogP) is 0.892. The summed E-state index contributed by atoms with van der Waals surface area (Å²) in [7, 11) is 1.15. The average Bonchev–Trinajstić information content (AvgIpc) is 1.84. The summed E-state index contributed by atoms with van der Waals surface area (Å²) in [6.07, 6.45) is -1.53. The second-order valence-corrected chi connectivity index (χ2v) is 1.79. The SMILES string of the molecule is COC(=O)[C@H](F)CBr. The number of hydrogen-bond acceptors (Lipinski definition) is 2. The van der Waals surface area contributed by atoms with E-state index in [1.165, 1.54) is 0 Å². The molecule has 0 saturated carbocycles. The Balaban J connectivity index is 3.46. The fraction of sp³-hybridized carbons (Fsp3) is 0.750. The van der Waals surface area contributed by atoms with Crippen LogP contribution in [0.4, 0.5) is 4.39 Å². The zero-order chi connectivity index (χ0) is 6.57. The normalized spacial score (nSPS) is 12.9. The highest BCUT2D eigenvalue weighted by atomic mass is 79.9. The molecular weight excluding hydrogens is 179 g/mol. The van der Waals surface area contributed by atoms with Crippen molar-refractivity contribution in [3.63, 3.8) is 0 Å². The van der Waals surface area contributed by atoms with Crippen LogP contribution in [0.5, 0.6) is 0 Å². The van der Waals surface area contributed by atoms with E-state index in [9.17, 15) is 9.18 Å². The molecule has 0 aromatic carbocycles. The Hall–Kier alpha value is -0.120. The van der Waals surface area contributed by atoms with Crippen LogP contribution in [0.15, 0.2) is 0 Å². The Morgan fingerprint density at radius 1 is 2.00 bits per heavy atom. The van der Waals surface area contributed by atoms with Crippen molar-refractivity contribution >= 4 is 21.9 Å². The number of halogens is 2. The second-order valence-electron chi connectivity index (χ2n) is 1.14. The van der Waals surface area contributed by atoms with Gasteiger partial charge in [0, 0.05) is 5.33 Å². The Morgan fingerprint density at radius 3 is 2.62 bits per heavy atom. The van der Waals surface area contributed by atoms with Gasteiger partial charge >= 0.3 is 5.97 Å². The molecule has 0 aliphatic carbocycles. The van der Waals surface area contributed by atoms with Gasteiger partial charge in [0.2, 0.25) is 6.17 Å². The number of ether oxygens (including phenoxy) is 1. The fourth-order valence-electron chi connectivity index (χ4n) is 0.191. The van der Waals surface area contributed by atoms with Gasteiger partial charge in [-0.1, -0.05) is 15.9 Å². The Labute approximate surface area is 55.1 Å². The summed E-state index contributed by atoms with van der Waals surface area (Å²) in [4.78, 5) is 10.1. The third kappa shape index (κ3) is 2.26. The minimum absolute atomic E-state index is 0.000324. The number of hydrogen-bond donors (Lipinski definition) is 0. The summed E-state index contributed by atoms with van der Waals surface area (Å²) in [5, 5.41) is -0.000324. The van der Waals surface area contributed by atoms with Crippen LogP contribution in [0, 0.1) is 0 Å². The number of carbonyl (C=O) groups excluding carboxylic acids is 1. The standard InChI is InChI=1S/C4H6BrFO2/c1-8-4(7)3(6)2-5/h3H,2H2,1H3/t3-/m1/s1. The van der Waals surface area contributed by atoms with E-state index < -0.39 is 12.1 Å². The van der Waals surface area contributed by atoms with Gasteiger partial charge in [-0.3, -0.25) is 0 Å². The van der Waals surface area contributed by atoms with Gasteiger partial charge in [0.15, 0.2) is 0 Å². The van der Waals surface area contributed by atoms with Gasteiger partial charge in [-0.05, 0) is 0 Å². The lowest BCUT2D eigenvalue weighted by Crippen LogP contribution is -2.17. The van der Waals surface area contributed by atoms with Crippen LogP contribution < -0.4 is 0 Å². The van der Waals surface area contributed by atoms with Gasteiger partial charge in [-0.15, -0.1) is 0 Å². The van der Waals surface area contributed by atoms with Crippen molar-refractivity contribution in [3.8, 4) is 0 Å². The molecule has 0 heterocycles. The van der Waals surface area contributed by atoms with Gasteiger partial charge in [0.1, 0.15) is 0 Å². The topological polar surface area (TPSA) is 26.3 Å². The molecule has 0 aromatic heterocycles. The molecule has 0 saturated heterocycles. The van der Waals surface area contributed by atoms with Crippen LogP contribution in [-0.4, -0.2) is 24.6 Å². The lowest BCUT2D eigenvalue weighted by atomic mass is 10.5. The molecule has 0 aliphatic heterocycles. The van der Waals surface area contributed by atoms with Crippen LogP contribution in [0.2, 0.25) is 0 Å². The summed E-state index contributed by atoms with van der Waals surface area (Å²) in [5.74, 6) is -0.832. The number of methoxy groups -OCH3 is 1. The van der Waals surface area contributed by atoms with Gasteiger partial charge in [-0.25, -0.2) is 9.18 Å². The first kappa shape index (κ1) is 7.88. The largest absolute Gasteiger partial charge is 0.467 e. The molecule has 0 N–H and O–H groups in total. The van der Waals surface area contributed by atoms with Crippen molar-refractivity contribution in [1.29, 1.82) is 0 Å². The summed E-state index contributed by atoms with van der Waals surface area (Å²) in [6.45, 7) is 0. The highest BCUT2D eigenvalue weighted by Gasteiger charge is 2.14. The van der Waals surface area contributed by atoms with Crippen molar-refractivity contribution in [2.24, 2.45) is 0 Å². The number of esters is 1. The van der Waals surface area contributed by atoms with E-state index in [-0.39, 0.29) is 5.33 Å². The molecule has 0 radical (unpaired) electrons. The Bertz CT molecular complexity index is 86.1. The maximum absolute atomic E-state index is 12.0. The lowest BCUT2D eigenvalue weighted by molar-refractivity contribution is -0.145. The highest BCUT2D eigenvalue weighted by Crippen LogP contribution is 1.97. The fourth-order valence-corrected chi connectivity index (χ4v) is 0.455. The third-order valence-corrected chi connectivity index (χ3v) is 1.16. The zero-order valence-corrected chi connectivity index (χ0v) is 5.94. The third-order valence-electron chi connectivity index (χ3n) is 0.592. The van der Waals surface area contributed by atoms with E-state index in [0.29, 0.717) is 0 Å². The molecule has 0 fully saturated rings. The maximum atomic E-state index is 12.0. The van der Waals surface area contributed by atoms with E-state index in [2.05, 4.69) is 20.7 Å². The lowest BCUT2D eigenvalue weighted by Gasteiger charge is -1.98. The number of rotatable bonds is 2. The first-order valence-electron chi connectivity index (χ1n) is 2.00. The summed E-state index contributed by atoms with van der Waals surface area (Å²) < 4.78 is 16.1. The summed E-state index contributed by atoms with van der Waals surface area (Å²) in [6, 6.07) is 0. The van der Waals surface area contributed by atoms with Crippen molar-refractivity contribution in [3.05, 3.63) is 0 Å². The Kier molecular flexibility index (Phi) is 3.77. The molecule has 48 valence electrons. The van der Waals surface area contributed by atoms with Gasteiger partial charge in [0.25, 0.3) is 0 Å². The molecule has 0 unspecified atom stereocenters. The molecule has 0 amide bonds. The molecule has 0 bridgehead atoms. The molecule has 2 nitrogen and oxygen atoms in total. The molecule has 1 atom stereocenters. The minimum Gasteiger partial charge on any atom is -0.467 e. The minimum atomic E-state index is -1.53. The predicted molar refractivity (Wildman–Crippen MR) is 30.7 cm³/mol. The van der Waals surface area contributed by atoms with E-state index in [1.807, 2.05) is 0 Å². The molecule has 4 heteroatoms. The molecule has 0 spiro atoms. The molecule has 0 rings (SSSR count). The smallest absolute Gasteiger partial charge is 0.341 e. The van der Waals surface area contributed by atoms with Crippen LogP contribution in [0.1, 0.15) is 0 Å². The van der Waals surface area contributed by atoms with Crippen LogP contribution in [-0.2, 0) is 9.53 Å². The molecular formula is C4H6BrFO2. The number of alkyl halides is 2. The van der Waals surface area contributed by atoms with Gasteiger partial charge < -0.3 is 4.74 Å². The quantitative estimate of drug-likeness (QED) is 0.471. The molecule has 0 aliphatic rings. The summed E-state index contributed by atoms with van der Waals surface area (Å²) in [5.41, 5.74) is 0. The van der Waals surface area contributed by atoms with Gasteiger partial charge in [0.05, 0.1) is 7.11 Å². The van der Waals surface area contributed by atoms with E-state index in [1.54, 1.807) is 0 Å². The molecule has 0 aromatic rings. The zero-order valence-electron chi connectivity index (χ0n) is 4.36. The van der Waals surface area contributed by atoms with Gasteiger partial charge in [-0.2, -0.15) is 0 Å². The second kappa shape index (κ2) is 3.83. The summed E-state index contributed by atoms with van der Waals surface area (Å²) >= 11 is 2.78. The highest BCUT2D eigenvalue weighted by molar-refractivity contribution is 9.09. The van der Waals surface area contributed by atoms with E-state index in [4.69, 9.17) is 0 Å². The number of carbonyl (C=O) groups is 1. The monoisotopic (exact) mass is 184 g/mol. The van der Waals surface area contributed by atoms with Crippen LogP contribution in [0.25, 0.3) is 0 Å². The average molecular weight is 185 g/mol. The molecule has 8 heavy (non-hydrogen) atoms. The van der Waals surface area contributed by atoms with Crippen molar-refractivity contribution in [2.75, 3.05) is 12.4 Å². The maximum Gasteiger partial charge on any atom is 0.341 e.